The highest BCUT2D eigenvalue weighted by molar-refractivity contribution is 5.53. The molecule has 0 radical (unpaired) electrons. The van der Waals surface area contributed by atoms with E-state index in [1.807, 2.05) is 12.1 Å². The normalized spacial score (nSPS) is 22.4. The largest absolute Gasteiger partial charge is 0.476 e. The SMILES string of the molecule is CCN1CCC(CNc2ccc(N)c(OCC3CC3)n2)C1. The van der Waals surface area contributed by atoms with E-state index in [0.717, 1.165) is 25.5 Å². The van der Waals surface area contributed by atoms with Gasteiger partial charge in [0.05, 0.1) is 12.3 Å². The summed E-state index contributed by atoms with van der Waals surface area (Å²) in [6.45, 7) is 7.48. The van der Waals surface area contributed by atoms with E-state index in [2.05, 4.69) is 22.1 Å². The maximum atomic E-state index is 5.93. The van der Waals surface area contributed by atoms with Gasteiger partial charge in [0, 0.05) is 13.1 Å². The molecular formula is C16H26N4O. The van der Waals surface area contributed by atoms with Gasteiger partial charge in [-0.05, 0) is 56.3 Å². The fourth-order valence-corrected chi connectivity index (χ4v) is 2.76. The fraction of sp³-hybridized carbons (Fsp3) is 0.688. The standard InChI is InChI=1S/C16H26N4O/c1-2-20-8-7-13(10-20)9-18-15-6-5-14(17)16(19-15)21-11-12-3-4-12/h5-6,12-13H,2-4,7-11,17H2,1H3,(H,18,19). The first-order valence-electron chi connectivity index (χ1n) is 8.10. The Hall–Kier alpha value is -1.49. The van der Waals surface area contributed by atoms with Crippen molar-refractivity contribution >= 4 is 11.5 Å². The lowest BCUT2D eigenvalue weighted by Crippen LogP contribution is -2.22. The molecule has 1 unspecified atom stereocenters. The van der Waals surface area contributed by atoms with Gasteiger partial charge >= 0.3 is 0 Å². The summed E-state index contributed by atoms with van der Waals surface area (Å²) in [4.78, 5) is 6.99. The molecule has 1 aliphatic carbocycles. The molecule has 5 nitrogen and oxygen atoms in total. The van der Waals surface area contributed by atoms with E-state index in [0.29, 0.717) is 23.4 Å². The van der Waals surface area contributed by atoms with Crippen LogP contribution in [-0.4, -0.2) is 42.7 Å². The second-order valence-electron chi connectivity index (χ2n) is 6.27. The molecule has 3 rings (SSSR count). The molecule has 1 atom stereocenters. The number of ether oxygens (including phenoxy) is 1. The minimum atomic E-state index is 0.577. The number of hydrogen-bond donors (Lipinski definition) is 2. The van der Waals surface area contributed by atoms with E-state index in [4.69, 9.17) is 10.5 Å². The van der Waals surface area contributed by atoms with Crippen molar-refractivity contribution in [1.29, 1.82) is 0 Å². The molecule has 116 valence electrons. The lowest BCUT2D eigenvalue weighted by molar-refractivity contribution is 0.290. The van der Waals surface area contributed by atoms with E-state index in [1.54, 1.807) is 0 Å². The Kier molecular flexibility index (Phi) is 4.48. The molecule has 2 heterocycles. The van der Waals surface area contributed by atoms with Crippen molar-refractivity contribution in [3.05, 3.63) is 12.1 Å². The molecule has 0 aromatic carbocycles. The average molecular weight is 290 g/mol. The molecule has 0 amide bonds. The van der Waals surface area contributed by atoms with Crippen molar-refractivity contribution < 1.29 is 4.74 Å². The van der Waals surface area contributed by atoms with Gasteiger partial charge in [0.25, 0.3) is 0 Å². The van der Waals surface area contributed by atoms with Crippen molar-refractivity contribution in [3.63, 3.8) is 0 Å². The van der Waals surface area contributed by atoms with Gasteiger partial charge in [-0.1, -0.05) is 6.92 Å². The highest BCUT2D eigenvalue weighted by Crippen LogP contribution is 2.30. The van der Waals surface area contributed by atoms with Gasteiger partial charge in [-0.15, -0.1) is 0 Å². The number of nitrogens with zero attached hydrogens (tertiary/aromatic N) is 2. The van der Waals surface area contributed by atoms with Crippen LogP contribution in [0, 0.1) is 11.8 Å². The van der Waals surface area contributed by atoms with Crippen LogP contribution in [0.25, 0.3) is 0 Å². The summed E-state index contributed by atoms with van der Waals surface area (Å²) in [5.41, 5.74) is 6.55. The van der Waals surface area contributed by atoms with E-state index in [9.17, 15) is 0 Å². The lowest BCUT2D eigenvalue weighted by Gasteiger charge is -2.15. The highest BCUT2D eigenvalue weighted by atomic mass is 16.5. The highest BCUT2D eigenvalue weighted by Gasteiger charge is 2.23. The summed E-state index contributed by atoms with van der Waals surface area (Å²) in [7, 11) is 0. The molecule has 1 aromatic rings. The van der Waals surface area contributed by atoms with Gasteiger partial charge in [-0.3, -0.25) is 0 Å². The van der Waals surface area contributed by atoms with Crippen LogP contribution in [-0.2, 0) is 0 Å². The summed E-state index contributed by atoms with van der Waals surface area (Å²) in [6.07, 6.45) is 3.81. The minimum Gasteiger partial charge on any atom is -0.476 e. The molecule has 0 spiro atoms. The number of pyridine rings is 1. The molecule has 1 saturated carbocycles. The fourth-order valence-electron chi connectivity index (χ4n) is 2.76. The number of likely N-dealkylation sites (tertiary alicyclic amines) is 1. The topological polar surface area (TPSA) is 63.4 Å². The number of nitrogen functional groups attached to an aromatic ring is 1. The van der Waals surface area contributed by atoms with E-state index >= 15 is 0 Å². The molecule has 2 fully saturated rings. The Balaban J connectivity index is 1.51. The number of hydrogen-bond acceptors (Lipinski definition) is 5. The molecule has 21 heavy (non-hydrogen) atoms. The van der Waals surface area contributed by atoms with E-state index < -0.39 is 0 Å². The van der Waals surface area contributed by atoms with Gasteiger partial charge < -0.3 is 20.7 Å². The minimum absolute atomic E-state index is 0.577. The van der Waals surface area contributed by atoms with Crippen LogP contribution in [0.5, 0.6) is 5.88 Å². The number of nitrogens with two attached hydrogens (primary N) is 1. The van der Waals surface area contributed by atoms with Crippen LogP contribution in [0.3, 0.4) is 0 Å². The van der Waals surface area contributed by atoms with Gasteiger partial charge in [0.1, 0.15) is 5.82 Å². The van der Waals surface area contributed by atoms with Crippen LogP contribution in [0.1, 0.15) is 26.2 Å². The van der Waals surface area contributed by atoms with Gasteiger partial charge in [-0.25, -0.2) is 0 Å². The molecule has 5 heteroatoms. The predicted octanol–water partition coefficient (Wildman–Crippen LogP) is 2.21. The summed E-state index contributed by atoms with van der Waals surface area (Å²) in [5, 5.41) is 3.43. The second kappa shape index (κ2) is 6.52. The Morgan fingerprint density at radius 1 is 1.33 bits per heavy atom. The van der Waals surface area contributed by atoms with Crippen molar-refractivity contribution in [2.24, 2.45) is 11.8 Å². The average Bonchev–Trinajstić information content (AvgIpc) is 3.21. The Bertz CT molecular complexity index is 475. The number of nitrogens with one attached hydrogen (secondary N) is 1. The Labute approximate surface area is 126 Å². The zero-order valence-corrected chi connectivity index (χ0v) is 12.8. The Morgan fingerprint density at radius 2 is 2.19 bits per heavy atom. The maximum absolute atomic E-state index is 5.93. The third kappa shape index (κ3) is 4.00. The molecule has 0 bridgehead atoms. The zero-order valence-electron chi connectivity index (χ0n) is 12.8. The maximum Gasteiger partial charge on any atom is 0.239 e. The number of aromatic nitrogens is 1. The molecule has 1 aromatic heterocycles. The second-order valence-corrected chi connectivity index (χ2v) is 6.27. The third-order valence-corrected chi connectivity index (χ3v) is 4.43. The molecule has 1 aliphatic heterocycles. The molecule has 1 saturated heterocycles. The van der Waals surface area contributed by atoms with Crippen LogP contribution in [0.2, 0.25) is 0 Å². The van der Waals surface area contributed by atoms with Crippen molar-refractivity contribution in [2.45, 2.75) is 26.2 Å². The van der Waals surface area contributed by atoms with Gasteiger partial charge in [0.2, 0.25) is 5.88 Å². The smallest absolute Gasteiger partial charge is 0.239 e. The summed E-state index contributed by atoms with van der Waals surface area (Å²) in [5.74, 6) is 2.86. The zero-order chi connectivity index (χ0) is 14.7. The van der Waals surface area contributed by atoms with Crippen molar-refractivity contribution in [1.82, 2.24) is 9.88 Å². The first kappa shape index (κ1) is 14.4. The summed E-state index contributed by atoms with van der Waals surface area (Å²) in [6, 6.07) is 3.82. The summed E-state index contributed by atoms with van der Waals surface area (Å²) >= 11 is 0. The predicted molar refractivity (Wildman–Crippen MR) is 85.6 cm³/mol. The monoisotopic (exact) mass is 290 g/mol. The quantitative estimate of drug-likeness (QED) is 0.806. The van der Waals surface area contributed by atoms with Crippen LogP contribution < -0.4 is 15.8 Å². The molecule has 3 N–H and O–H groups in total. The first-order chi connectivity index (χ1) is 10.2. The first-order valence-corrected chi connectivity index (χ1v) is 8.10. The molecule has 2 aliphatic rings. The summed E-state index contributed by atoms with van der Waals surface area (Å²) < 4.78 is 5.72. The van der Waals surface area contributed by atoms with Gasteiger partial charge in [-0.2, -0.15) is 4.98 Å². The third-order valence-electron chi connectivity index (χ3n) is 4.43. The van der Waals surface area contributed by atoms with Crippen LogP contribution >= 0.6 is 0 Å². The van der Waals surface area contributed by atoms with Crippen LogP contribution in [0.15, 0.2) is 12.1 Å². The van der Waals surface area contributed by atoms with Crippen molar-refractivity contribution in [2.75, 3.05) is 43.8 Å². The Morgan fingerprint density at radius 3 is 2.90 bits per heavy atom. The lowest BCUT2D eigenvalue weighted by atomic mass is 10.1. The van der Waals surface area contributed by atoms with E-state index in [1.165, 1.54) is 32.4 Å². The van der Waals surface area contributed by atoms with Crippen molar-refractivity contribution in [3.8, 4) is 5.88 Å². The van der Waals surface area contributed by atoms with Gasteiger partial charge in [0.15, 0.2) is 0 Å². The molecular weight excluding hydrogens is 264 g/mol. The number of anilines is 2. The van der Waals surface area contributed by atoms with E-state index in [-0.39, 0.29) is 0 Å². The number of rotatable bonds is 7. The van der Waals surface area contributed by atoms with Crippen LogP contribution in [0.4, 0.5) is 11.5 Å².